The first-order valence-corrected chi connectivity index (χ1v) is 11.4. The lowest BCUT2D eigenvalue weighted by molar-refractivity contribution is 0.103. The second-order valence-corrected chi connectivity index (χ2v) is 9.28. The van der Waals surface area contributed by atoms with Crippen molar-refractivity contribution in [2.45, 2.75) is 19.8 Å². The van der Waals surface area contributed by atoms with E-state index < -0.39 is 0 Å². The first kappa shape index (κ1) is 23.5. The van der Waals surface area contributed by atoms with E-state index in [0.717, 1.165) is 5.69 Å². The number of ketones is 1. The molecular weight excluding hydrogens is 455 g/mol. The molecule has 2 aromatic heterocycles. The van der Waals surface area contributed by atoms with Gasteiger partial charge in [0.25, 0.3) is 0 Å². The van der Waals surface area contributed by atoms with Gasteiger partial charge in [0.1, 0.15) is 6.61 Å². The van der Waals surface area contributed by atoms with Gasteiger partial charge in [-0.1, -0.05) is 43.1 Å². The van der Waals surface area contributed by atoms with Crippen LogP contribution in [0.1, 0.15) is 40.7 Å². The third kappa shape index (κ3) is 5.98. The molecule has 0 atom stereocenters. The summed E-state index contributed by atoms with van der Waals surface area (Å²) >= 11 is 13.8. The minimum absolute atomic E-state index is 0.150. The van der Waals surface area contributed by atoms with Gasteiger partial charge in [-0.15, -0.1) is 11.3 Å². The maximum Gasteiger partial charge on any atom is 0.230 e. The number of halogens is 2. The maximum absolute atomic E-state index is 13.1. The van der Waals surface area contributed by atoms with E-state index in [4.69, 9.17) is 32.7 Å². The summed E-state index contributed by atoms with van der Waals surface area (Å²) in [6.45, 7) is 5.20. The number of pyridine rings is 1. The minimum atomic E-state index is -0.150. The second-order valence-electron chi connectivity index (χ2n) is 7.52. The fraction of sp³-hybridized carbons (Fsp3) is 0.304. The van der Waals surface area contributed by atoms with Crippen molar-refractivity contribution in [3.05, 3.63) is 68.0 Å². The van der Waals surface area contributed by atoms with E-state index in [0.29, 0.717) is 45.1 Å². The van der Waals surface area contributed by atoms with E-state index in [1.54, 1.807) is 24.3 Å². The Labute approximate surface area is 196 Å². The molecular formula is C23H24Cl2N2O3S. The van der Waals surface area contributed by atoms with Crippen LogP contribution in [0.25, 0.3) is 0 Å². The van der Waals surface area contributed by atoms with E-state index in [1.807, 2.05) is 50.4 Å². The van der Waals surface area contributed by atoms with Crippen molar-refractivity contribution < 1.29 is 14.3 Å². The maximum atomic E-state index is 13.1. The Morgan fingerprint density at radius 3 is 2.45 bits per heavy atom. The number of hydrogen-bond acceptors (Lipinski definition) is 6. The molecule has 0 aliphatic carbocycles. The van der Waals surface area contributed by atoms with Gasteiger partial charge in [-0.05, 0) is 43.6 Å². The number of benzene rings is 1. The molecule has 0 saturated heterocycles. The monoisotopic (exact) mass is 478 g/mol. The van der Waals surface area contributed by atoms with E-state index in [2.05, 4.69) is 4.98 Å². The summed E-state index contributed by atoms with van der Waals surface area (Å²) in [4.78, 5) is 20.3. The lowest BCUT2D eigenvalue weighted by Crippen LogP contribution is -2.19. The van der Waals surface area contributed by atoms with E-state index in [-0.39, 0.29) is 17.6 Å². The van der Waals surface area contributed by atoms with Crippen molar-refractivity contribution in [1.29, 1.82) is 0 Å². The highest BCUT2D eigenvalue weighted by Gasteiger charge is 2.21. The number of rotatable bonds is 9. The molecule has 2 heterocycles. The quantitative estimate of drug-likeness (QED) is 0.327. The number of carbonyl (C=O) groups excluding carboxylic acids is 1. The molecule has 0 amide bonds. The minimum Gasteiger partial charge on any atom is -0.488 e. The average Bonchev–Trinajstić information content (AvgIpc) is 3.25. The highest BCUT2D eigenvalue weighted by atomic mass is 35.5. The summed E-state index contributed by atoms with van der Waals surface area (Å²) < 4.78 is 12.0. The molecule has 1 aromatic carbocycles. The van der Waals surface area contributed by atoms with Crippen molar-refractivity contribution >= 4 is 40.3 Å². The number of carbonyl (C=O) groups is 1. The Hall–Kier alpha value is -2.12. The molecule has 5 nitrogen and oxygen atoms in total. The Morgan fingerprint density at radius 2 is 1.84 bits per heavy atom. The lowest BCUT2D eigenvalue weighted by Gasteiger charge is -2.17. The van der Waals surface area contributed by atoms with E-state index >= 15 is 0 Å². The number of nitrogens with zero attached hydrogens (tertiary/aromatic N) is 2. The molecule has 0 aliphatic rings. The Balaban J connectivity index is 2.01. The van der Waals surface area contributed by atoms with Gasteiger partial charge in [-0.25, -0.2) is 4.98 Å². The lowest BCUT2D eigenvalue weighted by atomic mass is 10.1. The molecule has 0 N–H and O–H groups in total. The molecule has 0 radical (unpaired) electrons. The zero-order valence-corrected chi connectivity index (χ0v) is 20.1. The summed E-state index contributed by atoms with van der Waals surface area (Å²) in [6, 6.07) is 10.4. The first-order chi connectivity index (χ1) is 14.8. The number of likely N-dealkylation sites (N-methyl/N-ethyl adjacent to an activating group) is 1. The number of hydrogen-bond donors (Lipinski definition) is 0. The third-order valence-electron chi connectivity index (χ3n) is 4.45. The van der Waals surface area contributed by atoms with Gasteiger partial charge >= 0.3 is 0 Å². The molecule has 3 aromatic rings. The van der Waals surface area contributed by atoms with Crippen molar-refractivity contribution in [3.63, 3.8) is 0 Å². The van der Waals surface area contributed by atoms with Crippen molar-refractivity contribution in [1.82, 2.24) is 9.88 Å². The fourth-order valence-electron chi connectivity index (χ4n) is 2.71. The summed E-state index contributed by atoms with van der Waals surface area (Å²) in [5.41, 5.74) is 1.19. The molecule has 8 heteroatoms. The fourth-order valence-corrected chi connectivity index (χ4v) is 3.70. The predicted octanol–water partition coefficient (Wildman–Crippen LogP) is 6.54. The average molecular weight is 479 g/mol. The van der Waals surface area contributed by atoms with Crippen molar-refractivity contribution in [3.8, 4) is 17.4 Å². The largest absolute Gasteiger partial charge is 0.488 e. The molecule has 0 unspecified atom stereocenters. The zero-order valence-electron chi connectivity index (χ0n) is 17.8. The van der Waals surface area contributed by atoms with Gasteiger partial charge in [-0.2, -0.15) is 0 Å². The molecule has 0 aliphatic heterocycles. The van der Waals surface area contributed by atoms with Gasteiger partial charge in [0.05, 0.1) is 20.5 Å². The Bertz CT molecular complexity index is 1050. The van der Waals surface area contributed by atoms with Crippen LogP contribution in [0.4, 0.5) is 0 Å². The molecule has 3 rings (SSSR count). The van der Waals surface area contributed by atoms with Gasteiger partial charge in [-0.3, -0.25) is 4.79 Å². The van der Waals surface area contributed by atoms with Crippen molar-refractivity contribution in [2.75, 3.05) is 27.2 Å². The van der Waals surface area contributed by atoms with Crippen LogP contribution < -0.4 is 9.47 Å². The van der Waals surface area contributed by atoms with Gasteiger partial charge < -0.3 is 14.4 Å². The second kappa shape index (κ2) is 10.5. The van der Waals surface area contributed by atoms with Crippen LogP contribution in [0.3, 0.4) is 0 Å². The summed E-state index contributed by atoms with van der Waals surface area (Å²) in [5, 5.41) is 2.54. The topological polar surface area (TPSA) is 51.7 Å². The molecule has 0 saturated carbocycles. The van der Waals surface area contributed by atoms with Gasteiger partial charge in [0.2, 0.25) is 11.7 Å². The normalized spacial score (nSPS) is 11.2. The predicted molar refractivity (Wildman–Crippen MR) is 127 cm³/mol. The van der Waals surface area contributed by atoms with Crippen LogP contribution in [0.2, 0.25) is 10.0 Å². The first-order valence-electron chi connectivity index (χ1n) is 9.79. The Morgan fingerprint density at radius 1 is 1.13 bits per heavy atom. The molecule has 0 spiro atoms. The molecule has 0 bridgehead atoms. The standard InChI is InChI=1S/C23H24Cl2N2O3S/c1-14(2)18-8-7-15(22(28)21-6-5-11-31-21)23(26-18)30-20-13-17(25)16(24)12-19(20)29-10-9-27(3)4/h5-8,11-14H,9-10H2,1-4H3. The van der Waals surface area contributed by atoms with Crippen LogP contribution in [0.15, 0.2) is 41.8 Å². The van der Waals surface area contributed by atoms with Crippen LogP contribution in [0.5, 0.6) is 17.4 Å². The smallest absolute Gasteiger partial charge is 0.230 e. The molecule has 164 valence electrons. The zero-order chi connectivity index (χ0) is 22.5. The van der Waals surface area contributed by atoms with Gasteiger partial charge in [0.15, 0.2) is 11.5 Å². The van der Waals surface area contributed by atoms with Crippen molar-refractivity contribution in [2.24, 2.45) is 0 Å². The van der Waals surface area contributed by atoms with E-state index in [1.165, 1.54) is 11.3 Å². The summed E-state index contributed by atoms with van der Waals surface area (Å²) in [5.74, 6) is 1.01. The van der Waals surface area contributed by atoms with E-state index in [9.17, 15) is 4.79 Å². The van der Waals surface area contributed by atoms with Gasteiger partial charge in [0, 0.05) is 24.4 Å². The number of ether oxygens (including phenoxy) is 2. The highest BCUT2D eigenvalue weighted by Crippen LogP contribution is 2.39. The Kier molecular flexibility index (Phi) is 7.94. The highest BCUT2D eigenvalue weighted by molar-refractivity contribution is 7.12. The summed E-state index contributed by atoms with van der Waals surface area (Å²) in [6.07, 6.45) is 0. The van der Waals surface area contributed by atoms with Crippen LogP contribution in [-0.2, 0) is 0 Å². The molecule has 0 fully saturated rings. The number of aromatic nitrogens is 1. The van der Waals surface area contributed by atoms with Crippen LogP contribution in [-0.4, -0.2) is 42.9 Å². The van der Waals surface area contributed by atoms with Crippen LogP contribution >= 0.6 is 34.5 Å². The van der Waals surface area contributed by atoms with Crippen LogP contribution in [0, 0.1) is 0 Å². The third-order valence-corrected chi connectivity index (χ3v) is 6.04. The SMILES string of the molecule is CC(C)c1ccc(C(=O)c2cccs2)c(Oc2cc(Cl)c(Cl)cc2OCCN(C)C)n1. The molecule has 31 heavy (non-hydrogen) atoms. The number of thiophene rings is 1. The summed E-state index contributed by atoms with van der Waals surface area (Å²) in [7, 11) is 3.92.